The average molecular weight is 261 g/mol. The van der Waals surface area contributed by atoms with Crippen molar-refractivity contribution in [3.05, 3.63) is 41.4 Å². The summed E-state index contributed by atoms with van der Waals surface area (Å²) in [5.74, 6) is -0.135. The second-order valence-corrected chi connectivity index (χ2v) is 4.66. The van der Waals surface area contributed by atoms with Crippen LogP contribution in [-0.2, 0) is 0 Å². The molecule has 1 aromatic heterocycles. The first-order valence-electron chi connectivity index (χ1n) is 5.85. The summed E-state index contributed by atoms with van der Waals surface area (Å²) in [4.78, 5) is 16.2. The first-order chi connectivity index (χ1) is 8.81. The maximum atomic E-state index is 12.1. The molecule has 0 fully saturated rings. The molecule has 18 heavy (non-hydrogen) atoms. The van der Waals surface area contributed by atoms with Crippen LogP contribution in [0, 0.1) is 0 Å². The number of hydrogen-bond donors (Lipinski definition) is 2. The topological polar surface area (TPSA) is 54.0 Å². The molecule has 0 saturated heterocycles. The first kappa shape index (κ1) is 12.6. The molecule has 0 unspecified atom stereocenters. The molecule has 0 aliphatic carbocycles. The lowest BCUT2D eigenvalue weighted by atomic mass is 10.1. The molecule has 0 radical (unpaired) electrons. The lowest BCUT2D eigenvalue weighted by Crippen LogP contribution is -2.14. The summed E-state index contributed by atoms with van der Waals surface area (Å²) in [6.07, 6.45) is 2.68. The van der Waals surface area contributed by atoms with Crippen molar-refractivity contribution in [2.45, 2.75) is 13.3 Å². The Bertz CT molecular complexity index is 511. The number of carbonyl (C=O) groups excluding carboxylic acids is 1. The van der Waals surface area contributed by atoms with Crippen LogP contribution in [-0.4, -0.2) is 17.4 Å². The fourth-order valence-corrected chi connectivity index (χ4v) is 2.07. The Morgan fingerprint density at radius 3 is 2.94 bits per heavy atom. The minimum Gasteiger partial charge on any atom is -0.384 e. The number of rotatable bonds is 5. The van der Waals surface area contributed by atoms with Crippen LogP contribution in [0.25, 0.3) is 0 Å². The Balaban J connectivity index is 2.13. The molecule has 2 N–H and O–H groups in total. The van der Waals surface area contributed by atoms with E-state index in [0.717, 1.165) is 18.7 Å². The smallest absolute Gasteiger partial charge is 0.259 e. The SMILES string of the molecule is CCCNc1ccccc1C(=O)Nc1nccs1. The standard InChI is InChI=1S/C13H15N3OS/c1-2-7-14-11-6-4-3-5-10(11)12(17)16-13-15-8-9-18-13/h3-6,8-9,14H,2,7H2,1H3,(H,15,16,17). The maximum Gasteiger partial charge on any atom is 0.259 e. The minimum atomic E-state index is -0.135. The Morgan fingerprint density at radius 1 is 1.39 bits per heavy atom. The van der Waals surface area contributed by atoms with Gasteiger partial charge >= 0.3 is 0 Å². The van der Waals surface area contributed by atoms with Crippen LogP contribution >= 0.6 is 11.3 Å². The van der Waals surface area contributed by atoms with Gasteiger partial charge in [-0.1, -0.05) is 19.1 Å². The molecule has 0 aliphatic rings. The Hall–Kier alpha value is -1.88. The number of para-hydroxylation sites is 1. The zero-order valence-electron chi connectivity index (χ0n) is 10.1. The van der Waals surface area contributed by atoms with Gasteiger partial charge < -0.3 is 5.32 Å². The van der Waals surface area contributed by atoms with Crippen LogP contribution in [0.3, 0.4) is 0 Å². The van der Waals surface area contributed by atoms with Crippen molar-refractivity contribution in [2.24, 2.45) is 0 Å². The number of aromatic nitrogens is 1. The minimum absolute atomic E-state index is 0.135. The van der Waals surface area contributed by atoms with Crippen molar-refractivity contribution in [1.29, 1.82) is 0 Å². The van der Waals surface area contributed by atoms with Gasteiger partial charge in [0.25, 0.3) is 5.91 Å². The molecular weight excluding hydrogens is 246 g/mol. The monoisotopic (exact) mass is 261 g/mol. The number of anilines is 2. The van der Waals surface area contributed by atoms with Crippen LogP contribution in [0.5, 0.6) is 0 Å². The van der Waals surface area contributed by atoms with Gasteiger partial charge in [-0.25, -0.2) is 4.98 Å². The van der Waals surface area contributed by atoms with Gasteiger partial charge in [0.05, 0.1) is 5.56 Å². The molecule has 0 spiro atoms. The number of benzene rings is 1. The number of hydrogen-bond acceptors (Lipinski definition) is 4. The first-order valence-corrected chi connectivity index (χ1v) is 6.73. The lowest BCUT2D eigenvalue weighted by molar-refractivity contribution is 0.102. The highest BCUT2D eigenvalue weighted by Gasteiger charge is 2.11. The van der Waals surface area contributed by atoms with Crippen molar-refractivity contribution in [1.82, 2.24) is 4.98 Å². The zero-order valence-corrected chi connectivity index (χ0v) is 11.0. The zero-order chi connectivity index (χ0) is 12.8. The third-order valence-corrected chi connectivity index (χ3v) is 3.08. The molecule has 1 aromatic carbocycles. The quantitative estimate of drug-likeness (QED) is 0.869. The highest BCUT2D eigenvalue weighted by molar-refractivity contribution is 7.13. The molecule has 0 atom stereocenters. The van der Waals surface area contributed by atoms with Crippen LogP contribution < -0.4 is 10.6 Å². The number of amides is 1. The van der Waals surface area contributed by atoms with Crippen LogP contribution in [0.2, 0.25) is 0 Å². The van der Waals surface area contributed by atoms with E-state index in [0.29, 0.717) is 10.7 Å². The maximum absolute atomic E-state index is 12.1. The second-order valence-electron chi connectivity index (χ2n) is 3.76. The highest BCUT2D eigenvalue weighted by Crippen LogP contribution is 2.18. The Kier molecular flexibility index (Phi) is 4.30. The molecule has 2 rings (SSSR count). The second kappa shape index (κ2) is 6.16. The van der Waals surface area contributed by atoms with Crippen molar-refractivity contribution < 1.29 is 4.79 Å². The van der Waals surface area contributed by atoms with Crippen molar-refractivity contribution in [3.63, 3.8) is 0 Å². The van der Waals surface area contributed by atoms with E-state index in [1.807, 2.05) is 23.6 Å². The van der Waals surface area contributed by atoms with Gasteiger partial charge in [-0.05, 0) is 18.6 Å². The summed E-state index contributed by atoms with van der Waals surface area (Å²) in [5.41, 5.74) is 1.49. The van der Waals surface area contributed by atoms with E-state index in [1.165, 1.54) is 11.3 Å². The number of carbonyl (C=O) groups is 1. The van der Waals surface area contributed by atoms with E-state index in [1.54, 1.807) is 12.3 Å². The summed E-state index contributed by atoms with van der Waals surface area (Å²) >= 11 is 1.41. The van der Waals surface area contributed by atoms with Crippen molar-refractivity contribution in [3.8, 4) is 0 Å². The van der Waals surface area contributed by atoms with Crippen molar-refractivity contribution in [2.75, 3.05) is 17.2 Å². The normalized spacial score (nSPS) is 10.1. The lowest BCUT2D eigenvalue weighted by Gasteiger charge is -2.10. The van der Waals surface area contributed by atoms with Gasteiger partial charge in [0.2, 0.25) is 0 Å². The van der Waals surface area contributed by atoms with Gasteiger partial charge in [-0.15, -0.1) is 11.3 Å². The van der Waals surface area contributed by atoms with Gasteiger partial charge in [0.15, 0.2) is 5.13 Å². The average Bonchev–Trinajstić information content (AvgIpc) is 2.89. The van der Waals surface area contributed by atoms with Gasteiger partial charge in [-0.2, -0.15) is 0 Å². The molecule has 0 saturated carbocycles. The van der Waals surface area contributed by atoms with Crippen LogP contribution in [0.4, 0.5) is 10.8 Å². The van der Waals surface area contributed by atoms with Crippen LogP contribution in [0.15, 0.2) is 35.8 Å². The van der Waals surface area contributed by atoms with Gasteiger partial charge in [0.1, 0.15) is 0 Å². The third kappa shape index (κ3) is 3.07. The van der Waals surface area contributed by atoms with Crippen molar-refractivity contribution >= 4 is 28.1 Å². The van der Waals surface area contributed by atoms with E-state index in [2.05, 4.69) is 22.5 Å². The summed E-state index contributed by atoms with van der Waals surface area (Å²) in [6.45, 7) is 2.94. The van der Waals surface area contributed by atoms with E-state index in [9.17, 15) is 4.79 Å². The number of thiazole rings is 1. The van der Waals surface area contributed by atoms with Crippen LogP contribution in [0.1, 0.15) is 23.7 Å². The number of nitrogens with zero attached hydrogens (tertiary/aromatic N) is 1. The molecular formula is C13H15N3OS. The Morgan fingerprint density at radius 2 is 2.22 bits per heavy atom. The van der Waals surface area contributed by atoms with E-state index in [4.69, 9.17) is 0 Å². The molecule has 1 amide bonds. The Labute approximate surface area is 110 Å². The fraction of sp³-hybridized carbons (Fsp3) is 0.231. The molecule has 2 aromatic rings. The predicted octanol–water partition coefficient (Wildman–Crippen LogP) is 3.22. The molecule has 1 heterocycles. The van der Waals surface area contributed by atoms with E-state index < -0.39 is 0 Å². The van der Waals surface area contributed by atoms with Gasteiger partial charge in [-0.3, -0.25) is 10.1 Å². The molecule has 94 valence electrons. The molecule has 4 nitrogen and oxygen atoms in total. The fourth-order valence-electron chi connectivity index (χ4n) is 1.54. The number of nitrogens with one attached hydrogen (secondary N) is 2. The van der Waals surface area contributed by atoms with Gasteiger partial charge in [0, 0.05) is 23.8 Å². The third-order valence-electron chi connectivity index (χ3n) is 2.39. The predicted molar refractivity (Wildman–Crippen MR) is 75.3 cm³/mol. The summed E-state index contributed by atoms with van der Waals surface area (Å²) in [5, 5.41) is 8.48. The van der Waals surface area contributed by atoms with E-state index >= 15 is 0 Å². The molecule has 0 aliphatic heterocycles. The van der Waals surface area contributed by atoms with E-state index in [-0.39, 0.29) is 5.91 Å². The summed E-state index contributed by atoms with van der Waals surface area (Å²) in [7, 11) is 0. The molecule has 5 heteroatoms. The summed E-state index contributed by atoms with van der Waals surface area (Å²) < 4.78 is 0. The highest BCUT2D eigenvalue weighted by atomic mass is 32.1. The molecule has 0 bridgehead atoms. The largest absolute Gasteiger partial charge is 0.384 e. The summed E-state index contributed by atoms with van der Waals surface area (Å²) in [6, 6.07) is 7.49.